The van der Waals surface area contributed by atoms with Gasteiger partial charge in [0.15, 0.2) is 52.9 Å². The van der Waals surface area contributed by atoms with Crippen LogP contribution in [0.25, 0.3) is 0 Å². The van der Waals surface area contributed by atoms with E-state index in [0.717, 1.165) is 0 Å². The van der Waals surface area contributed by atoms with Crippen molar-refractivity contribution in [3.8, 4) is 0 Å². The zero-order valence-electron chi connectivity index (χ0n) is 23.3. The summed E-state index contributed by atoms with van der Waals surface area (Å²) in [6, 6.07) is 0. The zero-order valence-corrected chi connectivity index (χ0v) is 28.3. The topological polar surface area (TPSA) is 83.1 Å². The molecule has 0 atom stereocenters. The molecule has 0 unspecified atom stereocenters. The minimum absolute atomic E-state index is 0. The van der Waals surface area contributed by atoms with Crippen LogP contribution in [0.5, 0.6) is 0 Å². The molecule has 9 nitrogen and oxygen atoms in total. The van der Waals surface area contributed by atoms with E-state index in [1.165, 1.54) is 0 Å². The molecule has 0 N–H and O–H groups in total. The van der Waals surface area contributed by atoms with Crippen LogP contribution in [0.2, 0.25) is 0 Å². The van der Waals surface area contributed by atoms with Crippen LogP contribution in [-0.4, -0.2) is 90.2 Å². The second-order valence-corrected chi connectivity index (χ2v) is 6.38. The fraction of sp³-hybridized carbons (Fsp3) is 0.333. The molecular weight excluding hydrogens is 748 g/mol. The first-order valence-electron chi connectivity index (χ1n) is 10.5. The molecule has 0 heterocycles. The first-order chi connectivity index (χ1) is 17.5. The number of methoxy groups -OCH3 is 9. The van der Waals surface area contributed by atoms with Crippen LogP contribution in [-0.2, 0) is 42.6 Å². The summed E-state index contributed by atoms with van der Waals surface area (Å²) in [5.41, 5.74) is 8.63. The van der Waals surface area contributed by atoms with E-state index in [0.29, 0.717) is 52.9 Å². The van der Waals surface area contributed by atoms with Crippen molar-refractivity contribution in [2.24, 2.45) is 0 Å². The van der Waals surface area contributed by atoms with Gasteiger partial charge in [-0.05, 0) is 0 Å². The van der Waals surface area contributed by atoms with Gasteiger partial charge in [-0.25, -0.2) is 0 Å². The van der Waals surface area contributed by atoms with Crippen molar-refractivity contribution in [3.05, 3.63) is 107 Å². The van der Waals surface area contributed by atoms with Gasteiger partial charge in [0.05, 0.1) is 42.7 Å². The molecule has 0 fully saturated rings. The van der Waals surface area contributed by atoms with E-state index in [-0.39, 0.29) is 51.0 Å². The summed E-state index contributed by atoms with van der Waals surface area (Å²) in [6.07, 6.45) is 12.0. The summed E-state index contributed by atoms with van der Waals surface area (Å²) in [7, 11) is 14.2. The molecule has 0 aliphatic heterocycles. The fourth-order valence-corrected chi connectivity index (χ4v) is 2.85. The van der Waals surface area contributed by atoms with E-state index in [1.54, 1.807) is 100 Å². The van der Waals surface area contributed by atoms with Gasteiger partial charge in [0, 0.05) is 57.8 Å². The van der Waals surface area contributed by atoms with Gasteiger partial charge < -0.3 is 67.4 Å². The van der Waals surface area contributed by atoms with Crippen molar-refractivity contribution >= 4 is 26.2 Å². The molecule has 0 bridgehead atoms. The van der Waals surface area contributed by atoms with Crippen LogP contribution in [0.15, 0.2) is 88.2 Å². The van der Waals surface area contributed by atoms with Crippen LogP contribution in [0.3, 0.4) is 0 Å². The predicted octanol–water partition coefficient (Wildman–Crippen LogP) is -2.19. The number of allylic oxidation sites excluding steroid dienone is 3. The smallest absolute Gasteiger partial charge is 1.00 e. The first kappa shape index (κ1) is 41.4. The molecule has 0 aromatic carbocycles. The van der Waals surface area contributed by atoms with Crippen molar-refractivity contribution in [1.82, 2.24) is 0 Å². The van der Waals surface area contributed by atoms with Crippen molar-refractivity contribution in [3.63, 3.8) is 0 Å². The summed E-state index contributed by atoms with van der Waals surface area (Å²) in [6.45, 7) is 0. The number of halogens is 2. The maximum Gasteiger partial charge on any atom is 2.00 e. The third kappa shape index (κ3) is 12.3. The van der Waals surface area contributed by atoms with E-state index >= 15 is 0 Å². The van der Waals surface area contributed by atoms with Crippen molar-refractivity contribution in [2.45, 2.75) is 0 Å². The summed E-state index contributed by atoms with van der Waals surface area (Å²) in [5.74, 6) is 3.65. The van der Waals surface area contributed by atoms with Crippen LogP contribution in [0.1, 0.15) is 0 Å². The number of hydrogen-bond acceptors (Lipinski definition) is 9. The van der Waals surface area contributed by atoms with E-state index in [4.69, 9.17) is 42.6 Å². The molecule has 6 radical (unpaired) electrons. The van der Waals surface area contributed by atoms with Gasteiger partial charge in [-0.2, -0.15) is 0 Å². The standard InChI is InChI=1S/3C9H11O3.Bi.2ClH/c3*1-10-7-5-4-6-8(11-2)9(7)12-3;;;/h3*5-6H,1-3H3;;2*1H/q;;;+2;;/p-2. The predicted molar refractivity (Wildman–Crippen MR) is 138 cm³/mol. The summed E-state index contributed by atoms with van der Waals surface area (Å²) >= 11 is 0. The normalized spacial score (nSPS) is 15.6. The Morgan fingerprint density at radius 3 is 0.744 bits per heavy atom. The van der Waals surface area contributed by atoms with Crippen LogP contribution in [0.4, 0.5) is 0 Å². The minimum atomic E-state index is 0. The van der Waals surface area contributed by atoms with E-state index in [9.17, 15) is 0 Å². The second kappa shape index (κ2) is 23.8. The summed E-state index contributed by atoms with van der Waals surface area (Å²) in [4.78, 5) is 0. The molecule has 3 aliphatic rings. The van der Waals surface area contributed by atoms with Crippen molar-refractivity contribution < 1.29 is 67.4 Å². The number of ether oxygens (including phenoxy) is 9. The number of hydrogen-bond donors (Lipinski definition) is 0. The molecule has 39 heavy (non-hydrogen) atoms. The van der Waals surface area contributed by atoms with Gasteiger partial charge in [-0.15, -0.1) is 17.2 Å². The third-order valence-electron chi connectivity index (χ3n) is 4.56. The third-order valence-corrected chi connectivity index (χ3v) is 4.56. The van der Waals surface area contributed by atoms with Gasteiger partial charge in [-0.3, -0.25) is 0 Å². The van der Waals surface area contributed by atoms with Gasteiger partial charge in [0.2, 0.25) is 0 Å². The molecule has 0 saturated heterocycles. The van der Waals surface area contributed by atoms with Crippen molar-refractivity contribution in [2.75, 3.05) is 64.0 Å². The van der Waals surface area contributed by atoms with Gasteiger partial charge in [-0.1, -0.05) is 0 Å². The molecule has 3 rings (SSSR count). The maximum absolute atomic E-state index is 5.09. The average molecular weight is 781 g/mol. The van der Waals surface area contributed by atoms with Crippen LogP contribution >= 0.6 is 0 Å². The Bertz CT molecular complexity index is 886. The Kier molecular flexibility index (Phi) is 25.2. The Hall–Kier alpha value is -2.08. The van der Waals surface area contributed by atoms with Crippen molar-refractivity contribution in [1.29, 1.82) is 0 Å². The van der Waals surface area contributed by atoms with E-state index in [1.807, 2.05) is 0 Å². The Morgan fingerprint density at radius 2 is 0.590 bits per heavy atom. The van der Waals surface area contributed by atoms with Crippen LogP contribution in [0, 0.1) is 18.3 Å². The molecule has 0 saturated carbocycles. The van der Waals surface area contributed by atoms with Crippen LogP contribution < -0.4 is 24.8 Å². The summed E-state index contributed by atoms with van der Waals surface area (Å²) < 4.78 is 45.5. The molecule has 12 heteroatoms. The first-order valence-corrected chi connectivity index (χ1v) is 10.5. The Balaban J connectivity index is -0.000000480. The SMILES string of the molecule is CO[C]1C=C=CC(OC)=C1OC.CO[C]1C=C=CC(OC)=C1OC.CO[C]1C=C=CC(OC)=C1OC.[Bi+2].[Cl-].[Cl-]. The molecule has 0 aromatic rings. The minimum Gasteiger partial charge on any atom is -1.00 e. The molecule has 214 valence electrons. The number of rotatable bonds is 9. The van der Waals surface area contributed by atoms with E-state index < -0.39 is 0 Å². The Morgan fingerprint density at radius 1 is 0.359 bits per heavy atom. The zero-order chi connectivity index (χ0) is 26.9. The van der Waals surface area contributed by atoms with E-state index in [2.05, 4.69) is 17.2 Å². The molecule has 3 aliphatic carbocycles. The largest absolute Gasteiger partial charge is 2.00 e. The van der Waals surface area contributed by atoms with Gasteiger partial charge in [0.1, 0.15) is 0 Å². The fourth-order valence-electron chi connectivity index (χ4n) is 2.85. The van der Waals surface area contributed by atoms with Gasteiger partial charge >= 0.3 is 26.2 Å². The second-order valence-electron chi connectivity index (χ2n) is 6.38. The molecule has 0 aromatic heterocycles. The molecule has 0 spiro atoms. The molecular formula is C27H33BiCl2O9. The average Bonchev–Trinajstić information content (AvgIpc) is 2.95. The monoisotopic (exact) mass is 780 g/mol. The quantitative estimate of drug-likeness (QED) is 0.192. The van der Waals surface area contributed by atoms with Gasteiger partial charge in [0.25, 0.3) is 0 Å². The summed E-state index contributed by atoms with van der Waals surface area (Å²) in [5, 5.41) is 0. The Labute approximate surface area is 263 Å². The molecule has 0 amide bonds. The maximum atomic E-state index is 5.09.